The van der Waals surface area contributed by atoms with E-state index in [-0.39, 0.29) is 5.91 Å². The Labute approximate surface area is 175 Å². The maximum atomic E-state index is 12.8. The number of rotatable bonds is 6. The molecule has 0 saturated heterocycles. The summed E-state index contributed by atoms with van der Waals surface area (Å²) in [5.74, 6) is 0.323. The van der Waals surface area contributed by atoms with E-state index in [1.807, 2.05) is 43.3 Å². The Morgan fingerprint density at radius 1 is 1.00 bits per heavy atom. The maximum Gasteiger partial charge on any atom is 0.265 e. The van der Waals surface area contributed by atoms with Gasteiger partial charge in [-0.05, 0) is 49.7 Å². The van der Waals surface area contributed by atoms with Crippen molar-refractivity contribution in [2.24, 2.45) is 0 Å². The number of hydrogen-bond acceptors (Lipinski definition) is 2. The number of benzene rings is 3. The average Bonchev–Trinajstić information content (AvgIpc) is 3.06. The van der Waals surface area contributed by atoms with Crippen molar-refractivity contribution in [2.75, 3.05) is 5.32 Å². The fraction of sp³-hybridized carbons (Fsp3) is 0.208. The second kappa shape index (κ2) is 8.18. The Morgan fingerprint density at radius 2 is 1.72 bits per heavy atom. The van der Waals surface area contributed by atoms with Crippen molar-refractivity contribution < 1.29 is 9.53 Å². The number of anilines is 1. The lowest BCUT2D eigenvalue weighted by molar-refractivity contribution is -0.122. The molecule has 0 spiro atoms. The van der Waals surface area contributed by atoms with Gasteiger partial charge in [0, 0.05) is 34.0 Å². The highest BCUT2D eigenvalue weighted by Gasteiger charge is 2.20. The molecule has 29 heavy (non-hydrogen) atoms. The first-order valence-corrected chi connectivity index (χ1v) is 10.2. The molecule has 0 aliphatic heterocycles. The molecule has 0 radical (unpaired) electrons. The van der Waals surface area contributed by atoms with Crippen molar-refractivity contribution in [2.45, 2.75) is 32.9 Å². The number of halogens is 1. The summed E-state index contributed by atoms with van der Waals surface area (Å²) in [7, 11) is 0. The van der Waals surface area contributed by atoms with E-state index in [0.29, 0.717) is 17.2 Å². The van der Waals surface area contributed by atoms with Crippen LogP contribution in [0, 0.1) is 0 Å². The number of aromatic nitrogens is 1. The molecule has 0 aliphatic carbocycles. The van der Waals surface area contributed by atoms with Gasteiger partial charge in [0.25, 0.3) is 5.91 Å². The molecule has 0 saturated carbocycles. The Kier molecular flexibility index (Phi) is 5.45. The molecular formula is C24H23ClN2O2. The van der Waals surface area contributed by atoms with Crippen LogP contribution in [0.5, 0.6) is 5.75 Å². The van der Waals surface area contributed by atoms with Crippen LogP contribution >= 0.6 is 11.6 Å². The Balaban J connectivity index is 1.62. The molecule has 4 nitrogen and oxygen atoms in total. The van der Waals surface area contributed by atoms with Crippen LogP contribution in [-0.2, 0) is 11.3 Å². The van der Waals surface area contributed by atoms with Crippen molar-refractivity contribution in [3.8, 4) is 5.75 Å². The number of ether oxygens (including phenoxy) is 1. The van der Waals surface area contributed by atoms with Crippen molar-refractivity contribution in [1.29, 1.82) is 0 Å². The molecule has 148 valence electrons. The van der Waals surface area contributed by atoms with Gasteiger partial charge in [-0.15, -0.1) is 0 Å². The quantitative estimate of drug-likeness (QED) is 0.410. The van der Waals surface area contributed by atoms with Gasteiger partial charge < -0.3 is 14.6 Å². The number of aryl methyl sites for hydroxylation is 1. The second-order valence-corrected chi connectivity index (χ2v) is 7.33. The lowest BCUT2D eigenvalue weighted by Gasteiger charge is -2.18. The summed E-state index contributed by atoms with van der Waals surface area (Å²) in [4.78, 5) is 12.8. The molecule has 0 fully saturated rings. The van der Waals surface area contributed by atoms with Gasteiger partial charge in [-0.2, -0.15) is 0 Å². The number of carbonyl (C=O) groups excluding carboxylic acids is 1. The monoisotopic (exact) mass is 406 g/mol. The standard InChI is InChI=1S/C24H23ClN2O2/c1-3-22(29-23-12-8-6-10-19(23)25)24(28)26-16-13-14-21-18(15-16)17-9-5-7-11-20(17)27(21)4-2/h5-15,22H,3-4H2,1-2H3,(H,26,28)/t22-/m1/s1. The lowest BCUT2D eigenvalue weighted by Crippen LogP contribution is -2.32. The predicted molar refractivity (Wildman–Crippen MR) is 120 cm³/mol. The smallest absolute Gasteiger partial charge is 0.265 e. The van der Waals surface area contributed by atoms with Gasteiger partial charge in [0.15, 0.2) is 6.10 Å². The highest BCUT2D eigenvalue weighted by molar-refractivity contribution is 6.32. The fourth-order valence-corrected chi connectivity index (χ4v) is 3.89. The third-order valence-electron chi connectivity index (χ3n) is 5.13. The van der Waals surface area contributed by atoms with E-state index >= 15 is 0 Å². The summed E-state index contributed by atoms with van der Waals surface area (Å²) < 4.78 is 8.14. The van der Waals surface area contributed by atoms with Gasteiger partial charge in [0.1, 0.15) is 5.75 Å². The van der Waals surface area contributed by atoms with E-state index < -0.39 is 6.10 Å². The number of carbonyl (C=O) groups is 1. The average molecular weight is 407 g/mol. The molecule has 0 aliphatic rings. The summed E-state index contributed by atoms with van der Waals surface area (Å²) in [6.07, 6.45) is -0.0865. The summed E-state index contributed by atoms with van der Waals surface area (Å²) in [5, 5.41) is 5.80. The van der Waals surface area contributed by atoms with Crippen LogP contribution in [0.25, 0.3) is 21.8 Å². The number of para-hydroxylation sites is 2. The minimum atomic E-state index is -0.623. The maximum absolute atomic E-state index is 12.8. The highest BCUT2D eigenvalue weighted by atomic mass is 35.5. The van der Waals surface area contributed by atoms with Crippen molar-refractivity contribution >= 4 is 45.0 Å². The van der Waals surface area contributed by atoms with Gasteiger partial charge in [-0.25, -0.2) is 0 Å². The molecule has 1 N–H and O–H groups in total. The number of nitrogens with one attached hydrogen (secondary N) is 1. The summed E-state index contributed by atoms with van der Waals surface area (Å²) in [6.45, 7) is 4.94. The molecule has 4 rings (SSSR count). The van der Waals surface area contributed by atoms with Gasteiger partial charge in [0.2, 0.25) is 0 Å². The zero-order valence-corrected chi connectivity index (χ0v) is 17.2. The summed E-state index contributed by atoms with van der Waals surface area (Å²) in [5.41, 5.74) is 3.11. The number of amides is 1. The van der Waals surface area contributed by atoms with Crippen molar-refractivity contribution in [3.63, 3.8) is 0 Å². The predicted octanol–water partition coefficient (Wildman–Crippen LogP) is 6.26. The topological polar surface area (TPSA) is 43.3 Å². The van der Waals surface area contributed by atoms with Gasteiger partial charge in [-0.1, -0.05) is 48.9 Å². The summed E-state index contributed by atoms with van der Waals surface area (Å²) in [6, 6.07) is 21.5. The van der Waals surface area contributed by atoms with E-state index in [1.165, 1.54) is 10.9 Å². The lowest BCUT2D eigenvalue weighted by atomic mass is 10.1. The van der Waals surface area contributed by atoms with Crippen LogP contribution in [0.1, 0.15) is 20.3 Å². The first-order valence-electron chi connectivity index (χ1n) is 9.85. The first-order chi connectivity index (χ1) is 14.1. The molecule has 5 heteroatoms. The second-order valence-electron chi connectivity index (χ2n) is 6.93. The van der Waals surface area contributed by atoms with E-state index in [0.717, 1.165) is 23.1 Å². The van der Waals surface area contributed by atoms with Crippen LogP contribution in [0.2, 0.25) is 5.02 Å². The van der Waals surface area contributed by atoms with Crippen LogP contribution < -0.4 is 10.1 Å². The molecule has 1 amide bonds. The van der Waals surface area contributed by atoms with E-state index in [4.69, 9.17) is 16.3 Å². The van der Waals surface area contributed by atoms with Crippen molar-refractivity contribution in [3.05, 3.63) is 71.8 Å². The van der Waals surface area contributed by atoms with E-state index in [9.17, 15) is 4.79 Å². The van der Waals surface area contributed by atoms with Crippen molar-refractivity contribution in [1.82, 2.24) is 4.57 Å². The molecule has 1 heterocycles. The van der Waals surface area contributed by atoms with E-state index in [1.54, 1.807) is 12.1 Å². The number of nitrogens with zero attached hydrogens (tertiary/aromatic N) is 1. The Hall–Kier alpha value is -2.98. The third-order valence-corrected chi connectivity index (χ3v) is 5.44. The first kappa shape index (κ1) is 19.3. The number of fused-ring (bicyclic) bond motifs is 3. The minimum Gasteiger partial charge on any atom is -0.479 e. The Morgan fingerprint density at radius 3 is 2.48 bits per heavy atom. The molecule has 0 bridgehead atoms. The Bertz CT molecular complexity index is 1180. The van der Waals surface area contributed by atoms with E-state index in [2.05, 4.69) is 35.0 Å². The molecule has 0 unspecified atom stereocenters. The highest BCUT2D eigenvalue weighted by Crippen LogP contribution is 2.31. The molecule has 4 aromatic rings. The molecular weight excluding hydrogens is 384 g/mol. The zero-order chi connectivity index (χ0) is 20.4. The summed E-state index contributed by atoms with van der Waals surface area (Å²) >= 11 is 6.17. The van der Waals surface area contributed by atoms with Crippen LogP contribution in [0.3, 0.4) is 0 Å². The SMILES string of the molecule is CC[C@@H](Oc1ccccc1Cl)C(=O)Nc1ccc2c(c1)c1ccccc1n2CC. The molecule has 1 aromatic heterocycles. The minimum absolute atomic E-state index is 0.189. The molecule has 1 atom stereocenters. The van der Waals surface area contributed by atoms with Crippen LogP contribution in [-0.4, -0.2) is 16.6 Å². The number of hydrogen-bond donors (Lipinski definition) is 1. The van der Waals surface area contributed by atoms with Gasteiger partial charge in [-0.3, -0.25) is 4.79 Å². The van der Waals surface area contributed by atoms with Crippen LogP contribution in [0.15, 0.2) is 66.7 Å². The molecule has 3 aromatic carbocycles. The normalized spacial score (nSPS) is 12.2. The third kappa shape index (κ3) is 3.68. The van der Waals surface area contributed by atoms with Crippen LogP contribution in [0.4, 0.5) is 5.69 Å². The van der Waals surface area contributed by atoms with Gasteiger partial charge >= 0.3 is 0 Å². The zero-order valence-electron chi connectivity index (χ0n) is 16.5. The largest absolute Gasteiger partial charge is 0.479 e. The van der Waals surface area contributed by atoms with Gasteiger partial charge in [0.05, 0.1) is 5.02 Å². The fourth-order valence-electron chi connectivity index (χ4n) is 3.71.